The van der Waals surface area contributed by atoms with Crippen LogP contribution in [0.15, 0.2) is 4.99 Å². The number of unbranched alkanes of at least 4 members (excludes halogenated alkanes) is 1. The summed E-state index contributed by atoms with van der Waals surface area (Å²) in [6.45, 7) is 10.3. The third-order valence-corrected chi connectivity index (χ3v) is 4.32. The predicted octanol–water partition coefficient (Wildman–Crippen LogP) is 2.10. The molecule has 1 aliphatic rings. The molecule has 0 bridgehead atoms. The second-order valence-electron chi connectivity index (χ2n) is 6.34. The van der Waals surface area contributed by atoms with Gasteiger partial charge in [0.25, 0.3) is 0 Å². The minimum absolute atomic E-state index is 0.580. The van der Waals surface area contributed by atoms with Gasteiger partial charge in [-0.3, -0.25) is 0 Å². The fourth-order valence-corrected chi connectivity index (χ4v) is 2.76. The average molecular weight is 306 g/mol. The Labute approximate surface area is 134 Å². The summed E-state index contributed by atoms with van der Waals surface area (Å²) in [4.78, 5) is 7.20. The van der Waals surface area contributed by atoms with Gasteiger partial charge < -0.3 is 14.8 Å². The Morgan fingerprint density at radius 2 is 2.23 bits per heavy atom. The van der Waals surface area contributed by atoms with E-state index in [4.69, 9.17) is 4.99 Å². The molecule has 6 heteroatoms. The SMILES string of the molecule is CCCCNC(=NCc1nnc(C)n1C)N1CCCC(C)C1. The first-order valence-electron chi connectivity index (χ1n) is 8.50. The third-order valence-electron chi connectivity index (χ3n) is 4.32. The number of likely N-dealkylation sites (tertiary alicyclic amines) is 1. The number of hydrogen-bond acceptors (Lipinski definition) is 3. The van der Waals surface area contributed by atoms with Crippen molar-refractivity contribution in [2.24, 2.45) is 18.0 Å². The zero-order valence-electron chi connectivity index (χ0n) is 14.5. The fraction of sp³-hybridized carbons (Fsp3) is 0.812. The van der Waals surface area contributed by atoms with E-state index in [0.717, 1.165) is 43.2 Å². The minimum atomic E-state index is 0.580. The molecule has 1 aliphatic heterocycles. The molecule has 1 aromatic rings. The standard InChI is InChI=1S/C16H30N6/c1-5-6-9-17-16(22-10-7-8-13(2)12-22)18-11-15-20-19-14(3)21(15)4/h13H,5-12H2,1-4H3,(H,17,18). The smallest absolute Gasteiger partial charge is 0.194 e. The summed E-state index contributed by atoms with van der Waals surface area (Å²) >= 11 is 0. The van der Waals surface area contributed by atoms with Crippen molar-refractivity contribution in [1.82, 2.24) is 25.0 Å². The van der Waals surface area contributed by atoms with Crippen molar-refractivity contribution in [3.8, 4) is 0 Å². The lowest BCUT2D eigenvalue weighted by molar-refractivity contribution is 0.265. The summed E-state index contributed by atoms with van der Waals surface area (Å²) in [6.07, 6.45) is 4.94. The lowest BCUT2D eigenvalue weighted by Crippen LogP contribution is -2.46. The van der Waals surface area contributed by atoms with Gasteiger partial charge in [0, 0.05) is 26.7 Å². The Morgan fingerprint density at radius 1 is 1.41 bits per heavy atom. The molecule has 1 aromatic heterocycles. The zero-order valence-corrected chi connectivity index (χ0v) is 14.5. The topological polar surface area (TPSA) is 58.3 Å². The van der Waals surface area contributed by atoms with Crippen LogP contribution >= 0.6 is 0 Å². The number of hydrogen-bond donors (Lipinski definition) is 1. The number of rotatable bonds is 5. The Bertz CT molecular complexity index is 493. The summed E-state index contributed by atoms with van der Waals surface area (Å²) in [5, 5.41) is 11.8. The number of nitrogens with zero attached hydrogens (tertiary/aromatic N) is 5. The van der Waals surface area contributed by atoms with Gasteiger partial charge in [-0.1, -0.05) is 20.3 Å². The van der Waals surface area contributed by atoms with E-state index in [9.17, 15) is 0 Å². The molecule has 0 spiro atoms. The van der Waals surface area contributed by atoms with Crippen LogP contribution in [0, 0.1) is 12.8 Å². The van der Waals surface area contributed by atoms with E-state index in [0.29, 0.717) is 6.54 Å². The summed E-state index contributed by atoms with van der Waals surface area (Å²) in [5.41, 5.74) is 0. The van der Waals surface area contributed by atoms with E-state index in [1.165, 1.54) is 25.7 Å². The average Bonchev–Trinajstić information content (AvgIpc) is 2.82. The van der Waals surface area contributed by atoms with Crippen LogP contribution in [0.5, 0.6) is 0 Å². The predicted molar refractivity (Wildman–Crippen MR) is 89.8 cm³/mol. The second-order valence-corrected chi connectivity index (χ2v) is 6.34. The molecule has 1 unspecified atom stereocenters. The van der Waals surface area contributed by atoms with E-state index in [2.05, 4.69) is 34.3 Å². The largest absolute Gasteiger partial charge is 0.356 e. The van der Waals surface area contributed by atoms with Crippen molar-refractivity contribution in [3.05, 3.63) is 11.6 Å². The molecule has 2 heterocycles. The number of piperidine rings is 1. The van der Waals surface area contributed by atoms with Crippen LogP contribution < -0.4 is 5.32 Å². The molecule has 124 valence electrons. The Hall–Kier alpha value is -1.59. The second kappa shape index (κ2) is 8.15. The van der Waals surface area contributed by atoms with Gasteiger partial charge in [0.15, 0.2) is 11.8 Å². The Balaban J connectivity index is 2.05. The molecule has 1 atom stereocenters. The molecule has 0 radical (unpaired) electrons. The van der Waals surface area contributed by atoms with E-state index >= 15 is 0 Å². The molecule has 6 nitrogen and oxygen atoms in total. The van der Waals surface area contributed by atoms with Crippen molar-refractivity contribution in [2.75, 3.05) is 19.6 Å². The van der Waals surface area contributed by atoms with Gasteiger partial charge in [-0.15, -0.1) is 10.2 Å². The van der Waals surface area contributed by atoms with Crippen LogP contribution in [0.4, 0.5) is 0 Å². The first kappa shape index (κ1) is 16.8. The molecule has 0 amide bonds. The van der Waals surface area contributed by atoms with Crippen molar-refractivity contribution >= 4 is 5.96 Å². The number of aryl methyl sites for hydroxylation is 1. The number of nitrogens with one attached hydrogen (secondary N) is 1. The van der Waals surface area contributed by atoms with Gasteiger partial charge in [-0.25, -0.2) is 4.99 Å². The summed E-state index contributed by atoms with van der Waals surface area (Å²) in [7, 11) is 1.99. The van der Waals surface area contributed by atoms with Crippen molar-refractivity contribution in [3.63, 3.8) is 0 Å². The molecule has 0 saturated carbocycles. The maximum absolute atomic E-state index is 4.81. The molecule has 2 rings (SSSR count). The van der Waals surface area contributed by atoms with Gasteiger partial charge in [0.05, 0.1) is 0 Å². The van der Waals surface area contributed by atoms with E-state index in [1.807, 2.05) is 18.5 Å². The van der Waals surface area contributed by atoms with Crippen molar-refractivity contribution in [2.45, 2.75) is 53.0 Å². The maximum atomic E-state index is 4.81. The third kappa shape index (κ3) is 4.45. The number of aromatic nitrogens is 3. The first-order chi connectivity index (χ1) is 10.6. The molecule has 0 aliphatic carbocycles. The normalized spacial score (nSPS) is 19.5. The van der Waals surface area contributed by atoms with Gasteiger partial charge in [0.2, 0.25) is 0 Å². The van der Waals surface area contributed by atoms with Crippen LogP contribution in [0.1, 0.15) is 51.2 Å². The zero-order chi connectivity index (χ0) is 15.9. The molecule has 22 heavy (non-hydrogen) atoms. The molecule has 1 fully saturated rings. The fourth-order valence-electron chi connectivity index (χ4n) is 2.76. The van der Waals surface area contributed by atoms with Crippen LogP contribution in [-0.4, -0.2) is 45.3 Å². The van der Waals surface area contributed by atoms with E-state index in [-0.39, 0.29) is 0 Å². The maximum Gasteiger partial charge on any atom is 0.194 e. The van der Waals surface area contributed by atoms with Gasteiger partial charge in [-0.05, 0) is 32.1 Å². The number of guanidine groups is 1. The minimum Gasteiger partial charge on any atom is -0.356 e. The highest BCUT2D eigenvalue weighted by atomic mass is 15.3. The lowest BCUT2D eigenvalue weighted by Gasteiger charge is -2.33. The summed E-state index contributed by atoms with van der Waals surface area (Å²) in [6, 6.07) is 0. The van der Waals surface area contributed by atoms with Crippen LogP contribution in [0.25, 0.3) is 0 Å². The van der Waals surface area contributed by atoms with Gasteiger partial charge in [-0.2, -0.15) is 0 Å². The van der Waals surface area contributed by atoms with Gasteiger partial charge >= 0.3 is 0 Å². The molecule has 0 aromatic carbocycles. The molecule has 1 saturated heterocycles. The highest BCUT2D eigenvalue weighted by Crippen LogP contribution is 2.15. The number of aliphatic imine (C=N–C) groups is 1. The quantitative estimate of drug-likeness (QED) is 0.514. The molecular formula is C16H30N6. The van der Waals surface area contributed by atoms with Crippen LogP contribution in [0.2, 0.25) is 0 Å². The lowest BCUT2D eigenvalue weighted by atomic mass is 10.0. The Kier molecular flexibility index (Phi) is 6.21. The summed E-state index contributed by atoms with van der Waals surface area (Å²) < 4.78 is 2.01. The highest BCUT2D eigenvalue weighted by molar-refractivity contribution is 5.80. The molecular weight excluding hydrogens is 276 g/mol. The van der Waals surface area contributed by atoms with E-state index in [1.54, 1.807) is 0 Å². The summed E-state index contributed by atoms with van der Waals surface area (Å²) in [5.74, 6) is 3.61. The first-order valence-corrected chi connectivity index (χ1v) is 8.50. The van der Waals surface area contributed by atoms with Crippen LogP contribution in [0.3, 0.4) is 0 Å². The highest BCUT2D eigenvalue weighted by Gasteiger charge is 2.19. The van der Waals surface area contributed by atoms with E-state index < -0.39 is 0 Å². The van der Waals surface area contributed by atoms with Crippen molar-refractivity contribution in [1.29, 1.82) is 0 Å². The molecule has 1 N–H and O–H groups in total. The van der Waals surface area contributed by atoms with Crippen LogP contribution in [-0.2, 0) is 13.6 Å². The Morgan fingerprint density at radius 3 is 2.86 bits per heavy atom. The van der Waals surface area contributed by atoms with Gasteiger partial charge in [0.1, 0.15) is 12.4 Å². The monoisotopic (exact) mass is 306 g/mol. The van der Waals surface area contributed by atoms with Crippen molar-refractivity contribution < 1.29 is 0 Å².